The number of aromatic nitrogens is 2. The number of nitrogens with two attached hydrogens (primary N) is 1. The van der Waals surface area contributed by atoms with Gasteiger partial charge in [-0.3, -0.25) is 4.40 Å². The van der Waals surface area contributed by atoms with E-state index in [1.54, 1.807) is 28.9 Å². The molecule has 3 aromatic rings. The lowest BCUT2D eigenvalue weighted by Crippen LogP contribution is -2.02. The van der Waals surface area contributed by atoms with Crippen LogP contribution in [0.15, 0.2) is 41.1 Å². The van der Waals surface area contributed by atoms with E-state index in [0.29, 0.717) is 17.1 Å². The summed E-state index contributed by atoms with van der Waals surface area (Å²) in [5.74, 6) is 0.310. The molecule has 3 aromatic heterocycles. The van der Waals surface area contributed by atoms with Crippen molar-refractivity contribution in [3.63, 3.8) is 0 Å². The summed E-state index contributed by atoms with van der Waals surface area (Å²) in [6.45, 7) is 0.265. The third-order valence-corrected chi connectivity index (χ3v) is 2.63. The molecule has 3 heterocycles. The third kappa shape index (κ3) is 1.52. The first-order valence-corrected chi connectivity index (χ1v) is 5.20. The van der Waals surface area contributed by atoms with E-state index in [1.165, 1.54) is 12.3 Å². The molecule has 0 aliphatic carbocycles. The van der Waals surface area contributed by atoms with E-state index in [-0.39, 0.29) is 12.4 Å². The second-order valence-electron chi connectivity index (χ2n) is 3.66. The van der Waals surface area contributed by atoms with Gasteiger partial charge in [-0.15, -0.1) is 0 Å². The SMILES string of the molecule is NCc1c(-c2ccco2)nc2ccc(F)cn12. The van der Waals surface area contributed by atoms with Gasteiger partial charge in [-0.25, -0.2) is 9.37 Å². The van der Waals surface area contributed by atoms with Crippen LogP contribution in [-0.2, 0) is 6.54 Å². The fourth-order valence-corrected chi connectivity index (χ4v) is 1.87. The Kier molecular flexibility index (Phi) is 2.19. The van der Waals surface area contributed by atoms with Gasteiger partial charge in [0, 0.05) is 12.7 Å². The van der Waals surface area contributed by atoms with Crippen LogP contribution >= 0.6 is 0 Å². The molecule has 4 nitrogen and oxygen atoms in total. The van der Waals surface area contributed by atoms with Gasteiger partial charge in [0.05, 0.1) is 12.0 Å². The smallest absolute Gasteiger partial charge is 0.154 e. The Labute approximate surface area is 96.5 Å². The minimum atomic E-state index is -0.324. The fraction of sp³-hybridized carbons (Fsp3) is 0.0833. The Balaban J connectivity index is 2.32. The van der Waals surface area contributed by atoms with Gasteiger partial charge >= 0.3 is 0 Å². The molecule has 0 amide bonds. The fourth-order valence-electron chi connectivity index (χ4n) is 1.87. The van der Waals surface area contributed by atoms with Crippen molar-refractivity contribution in [2.75, 3.05) is 0 Å². The summed E-state index contributed by atoms with van der Waals surface area (Å²) in [6.07, 6.45) is 2.94. The summed E-state index contributed by atoms with van der Waals surface area (Å²) in [6, 6.07) is 6.56. The van der Waals surface area contributed by atoms with Gasteiger partial charge in [0.15, 0.2) is 5.76 Å². The van der Waals surface area contributed by atoms with Crippen molar-refractivity contribution in [1.29, 1.82) is 0 Å². The molecule has 0 radical (unpaired) electrons. The molecule has 0 saturated heterocycles. The maximum absolute atomic E-state index is 13.2. The highest BCUT2D eigenvalue weighted by Gasteiger charge is 2.14. The molecule has 5 heteroatoms. The normalized spacial score (nSPS) is 11.2. The molecule has 0 spiro atoms. The number of halogens is 1. The number of pyridine rings is 1. The van der Waals surface area contributed by atoms with Crippen LogP contribution in [0.4, 0.5) is 4.39 Å². The lowest BCUT2D eigenvalue weighted by Gasteiger charge is -1.99. The maximum Gasteiger partial charge on any atom is 0.154 e. The Hall–Kier alpha value is -2.14. The number of nitrogens with zero attached hydrogens (tertiary/aromatic N) is 2. The van der Waals surface area contributed by atoms with E-state index in [1.807, 2.05) is 0 Å². The number of fused-ring (bicyclic) bond motifs is 1. The van der Waals surface area contributed by atoms with Gasteiger partial charge in [0.1, 0.15) is 17.2 Å². The Morgan fingerprint density at radius 2 is 2.24 bits per heavy atom. The first kappa shape index (κ1) is 10.0. The van der Waals surface area contributed by atoms with Crippen LogP contribution in [0, 0.1) is 5.82 Å². The van der Waals surface area contributed by atoms with Crippen LogP contribution in [0.3, 0.4) is 0 Å². The molecule has 0 unspecified atom stereocenters. The molecular formula is C12H10FN3O. The predicted octanol–water partition coefficient (Wildman–Crippen LogP) is 2.19. The van der Waals surface area contributed by atoms with E-state index in [0.717, 1.165) is 5.69 Å². The number of imidazole rings is 1. The van der Waals surface area contributed by atoms with Crippen LogP contribution in [0.1, 0.15) is 5.69 Å². The Bertz CT molecular complexity index is 658. The monoisotopic (exact) mass is 231 g/mol. The summed E-state index contributed by atoms with van der Waals surface area (Å²) in [5.41, 5.74) is 7.73. The highest BCUT2D eigenvalue weighted by atomic mass is 19.1. The van der Waals surface area contributed by atoms with Crippen molar-refractivity contribution < 1.29 is 8.81 Å². The molecule has 0 aliphatic rings. The van der Waals surface area contributed by atoms with E-state index < -0.39 is 0 Å². The van der Waals surface area contributed by atoms with Crippen molar-refractivity contribution in [2.24, 2.45) is 5.73 Å². The van der Waals surface area contributed by atoms with Gasteiger partial charge in [-0.2, -0.15) is 0 Å². The van der Waals surface area contributed by atoms with Gasteiger partial charge in [-0.05, 0) is 24.3 Å². The van der Waals surface area contributed by atoms with Gasteiger partial charge in [0.2, 0.25) is 0 Å². The first-order valence-electron chi connectivity index (χ1n) is 5.20. The van der Waals surface area contributed by atoms with Crippen LogP contribution < -0.4 is 5.73 Å². The molecule has 86 valence electrons. The average Bonchev–Trinajstić information content (AvgIpc) is 2.94. The molecule has 0 aromatic carbocycles. The lowest BCUT2D eigenvalue weighted by atomic mass is 10.2. The Morgan fingerprint density at radius 3 is 2.94 bits per heavy atom. The molecule has 0 bridgehead atoms. The summed E-state index contributed by atoms with van der Waals surface area (Å²) in [4.78, 5) is 4.39. The maximum atomic E-state index is 13.2. The van der Waals surface area contributed by atoms with Gasteiger partial charge in [0.25, 0.3) is 0 Å². The van der Waals surface area contributed by atoms with Gasteiger partial charge < -0.3 is 10.2 Å². The quantitative estimate of drug-likeness (QED) is 0.735. The summed E-state index contributed by atoms with van der Waals surface area (Å²) < 4.78 is 20.1. The molecule has 17 heavy (non-hydrogen) atoms. The molecule has 0 fully saturated rings. The van der Waals surface area contributed by atoms with E-state index >= 15 is 0 Å². The standard InChI is InChI=1S/C12H10FN3O/c13-8-3-4-11-15-12(10-2-1-5-17-10)9(6-14)16(11)7-8/h1-5,7H,6,14H2. The second kappa shape index (κ2) is 3.71. The zero-order valence-electron chi connectivity index (χ0n) is 8.93. The predicted molar refractivity (Wildman–Crippen MR) is 60.7 cm³/mol. The number of furan rings is 1. The zero-order valence-corrected chi connectivity index (χ0v) is 8.93. The minimum absolute atomic E-state index is 0.265. The molecular weight excluding hydrogens is 221 g/mol. The highest BCUT2D eigenvalue weighted by molar-refractivity contribution is 5.62. The molecule has 0 atom stereocenters. The summed E-state index contributed by atoms with van der Waals surface area (Å²) in [5, 5.41) is 0. The second-order valence-corrected chi connectivity index (χ2v) is 3.66. The first-order chi connectivity index (χ1) is 8.29. The average molecular weight is 231 g/mol. The third-order valence-electron chi connectivity index (χ3n) is 2.63. The van der Waals surface area contributed by atoms with E-state index in [9.17, 15) is 4.39 Å². The molecule has 2 N–H and O–H groups in total. The highest BCUT2D eigenvalue weighted by Crippen LogP contribution is 2.24. The molecule has 0 saturated carbocycles. The summed E-state index contributed by atoms with van der Waals surface area (Å²) in [7, 11) is 0. The Morgan fingerprint density at radius 1 is 1.35 bits per heavy atom. The minimum Gasteiger partial charge on any atom is -0.463 e. The summed E-state index contributed by atoms with van der Waals surface area (Å²) >= 11 is 0. The largest absolute Gasteiger partial charge is 0.463 e. The number of hydrogen-bond acceptors (Lipinski definition) is 3. The van der Waals surface area contributed by atoms with Crippen LogP contribution in [0.5, 0.6) is 0 Å². The topological polar surface area (TPSA) is 56.5 Å². The number of rotatable bonds is 2. The van der Waals surface area contributed by atoms with Crippen molar-refractivity contribution >= 4 is 5.65 Å². The van der Waals surface area contributed by atoms with Gasteiger partial charge in [-0.1, -0.05) is 0 Å². The van der Waals surface area contributed by atoms with E-state index in [4.69, 9.17) is 10.2 Å². The lowest BCUT2D eigenvalue weighted by molar-refractivity contribution is 0.579. The van der Waals surface area contributed by atoms with Crippen LogP contribution in [-0.4, -0.2) is 9.38 Å². The zero-order chi connectivity index (χ0) is 11.8. The van der Waals surface area contributed by atoms with Crippen molar-refractivity contribution in [2.45, 2.75) is 6.54 Å². The van der Waals surface area contributed by atoms with Crippen LogP contribution in [0.25, 0.3) is 17.1 Å². The van der Waals surface area contributed by atoms with Crippen LogP contribution in [0.2, 0.25) is 0 Å². The van der Waals surface area contributed by atoms with Crippen molar-refractivity contribution in [3.05, 3.63) is 48.2 Å². The van der Waals surface area contributed by atoms with Crippen molar-refractivity contribution in [3.8, 4) is 11.5 Å². The number of hydrogen-bond donors (Lipinski definition) is 1. The molecule has 3 rings (SSSR count). The molecule has 0 aliphatic heterocycles. The van der Waals surface area contributed by atoms with E-state index in [2.05, 4.69) is 4.98 Å². The van der Waals surface area contributed by atoms with Crippen molar-refractivity contribution in [1.82, 2.24) is 9.38 Å².